The summed E-state index contributed by atoms with van der Waals surface area (Å²) in [6, 6.07) is 12.7. The van der Waals surface area contributed by atoms with Crippen molar-refractivity contribution in [2.75, 3.05) is 0 Å². The lowest BCUT2D eigenvalue weighted by Crippen LogP contribution is -2.29. The number of hydrazine groups is 1. The average Bonchev–Trinajstić information content (AvgIpc) is 2.33. The first-order valence-corrected chi connectivity index (χ1v) is 6.67. The number of nitrogens with one attached hydrogen (secondary N) is 1. The fourth-order valence-electron chi connectivity index (χ4n) is 2.01. The standard InChI is InChI=1S/C14H14FIN2/c1-9-7-11(15)5-6-13(9)14(18-17)10-3-2-4-12(16)8-10/h2-8,14,18H,17H2,1H3. The van der Waals surface area contributed by atoms with Gasteiger partial charge in [-0.2, -0.15) is 0 Å². The topological polar surface area (TPSA) is 38.0 Å². The highest BCUT2D eigenvalue weighted by Gasteiger charge is 2.15. The molecule has 0 spiro atoms. The number of hydrogen-bond donors (Lipinski definition) is 2. The molecular formula is C14H14FIN2. The molecule has 0 saturated carbocycles. The molecule has 0 fully saturated rings. The van der Waals surface area contributed by atoms with E-state index in [4.69, 9.17) is 5.84 Å². The molecule has 0 saturated heterocycles. The van der Waals surface area contributed by atoms with Crippen molar-refractivity contribution < 1.29 is 4.39 Å². The SMILES string of the molecule is Cc1cc(F)ccc1C(NN)c1cccc(I)c1. The molecule has 2 aromatic rings. The zero-order valence-electron chi connectivity index (χ0n) is 9.95. The number of halogens is 2. The van der Waals surface area contributed by atoms with Crippen LogP contribution in [-0.2, 0) is 0 Å². The molecule has 0 bridgehead atoms. The summed E-state index contributed by atoms with van der Waals surface area (Å²) in [7, 11) is 0. The Kier molecular flexibility index (Phi) is 4.31. The Morgan fingerprint density at radius 2 is 2.00 bits per heavy atom. The van der Waals surface area contributed by atoms with E-state index >= 15 is 0 Å². The minimum atomic E-state index is -0.227. The van der Waals surface area contributed by atoms with Crippen LogP contribution in [0, 0.1) is 16.3 Å². The molecule has 2 rings (SSSR count). The molecule has 1 atom stereocenters. The van der Waals surface area contributed by atoms with Crippen LogP contribution < -0.4 is 11.3 Å². The minimum Gasteiger partial charge on any atom is -0.271 e. The normalized spacial score (nSPS) is 12.4. The largest absolute Gasteiger partial charge is 0.271 e. The van der Waals surface area contributed by atoms with Crippen molar-refractivity contribution in [2.45, 2.75) is 13.0 Å². The lowest BCUT2D eigenvalue weighted by molar-refractivity contribution is 0.612. The van der Waals surface area contributed by atoms with Crippen LogP contribution in [0.2, 0.25) is 0 Å². The second-order valence-electron chi connectivity index (χ2n) is 4.16. The Balaban J connectivity index is 2.45. The van der Waals surface area contributed by atoms with Crippen molar-refractivity contribution in [3.05, 3.63) is 68.5 Å². The molecule has 0 radical (unpaired) electrons. The summed E-state index contributed by atoms with van der Waals surface area (Å²) in [5, 5.41) is 0. The van der Waals surface area contributed by atoms with Gasteiger partial charge in [-0.15, -0.1) is 0 Å². The second kappa shape index (κ2) is 5.77. The lowest BCUT2D eigenvalue weighted by atomic mass is 9.95. The van der Waals surface area contributed by atoms with Gasteiger partial charge in [0.1, 0.15) is 5.82 Å². The molecule has 18 heavy (non-hydrogen) atoms. The molecule has 0 heterocycles. The third-order valence-corrected chi connectivity index (χ3v) is 3.56. The third-order valence-electron chi connectivity index (χ3n) is 2.89. The quantitative estimate of drug-likeness (QED) is 0.503. The fourth-order valence-corrected chi connectivity index (χ4v) is 2.58. The first-order chi connectivity index (χ1) is 8.61. The molecule has 94 valence electrons. The monoisotopic (exact) mass is 356 g/mol. The maximum Gasteiger partial charge on any atom is 0.123 e. The van der Waals surface area contributed by atoms with Crippen LogP contribution in [0.1, 0.15) is 22.7 Å². The third kappa shape index (κ3) is 2.88. The van der Waals surface area contributed by atoms with Gasteiger partial charge in [-0.25, -0.2) is 9.82 Å². The van der Waals surface area contributed by atoms with Crippen LogP contribution in [0.3, 0.4) is 0 Å². The second-order valence-corrected chi connectivity index (χ2v) is 5.40. The molecule has 0 aliphatic carbocycles. The number of nitrogens with two attached hydrogens (primary N) is 1. The van der Waals surface area contributed by atoms with E-state index < -0.39 is 0 Å². The number of benzene rings is 2. The van der Waals surface area contributed by atoms with Crippen molar-refractivity contribution in [1.29, 1.82) is 0 Å². The van der Waals surface area contributed by atoms with E-state index in [-0.39, 0.29) is 11.9 Å². The van der Waals surface area contributed by atoms with Crippen LogP contribution in [0.15, 0.2) is 42.5 Å². The summed E-state index contributed by atoms with van der Waals surface area (Å²) in [6.07, 6.45) is 0. The number of hydrogen-bond acceptors (Lipinski definition) is 2. The Morgan fingerprint density at radius 1 is 1.22 bits per heavy atom. The van der Waals surface area contributed by atoms with Gasteiger partial charge in [0, 0.05) is 3.57 Å². The molecule has 3 N–H and O–H groups in total. The maximum atomic E-state index is 13.1. The summed E-state index contributed by atoms with van der Waals surface area (Å²) >= 11 is 2.26. The molecule has 4 heteroatoms. The van der Waals surface area contributed by atoms with Crippen LogP contribution in [0.4, 0.5) is 4.39 Å². The molecule has 1 unspecified atom stereocenters. The Morgan fingerprint density at radius 3 is 2.61 bits per heavy atom. The average molecular weight is 356 g/mol. The van der Waals surface area contributed by atoms with Gasteiger partial charge in [0.25, 0.3) is 0 Å². The maximum absolute atomic E-state index is 13.1. The first-order valence-electron chi connectivity index (χ1n) is 5.59. The Labute approximate surface area is 120 Å². The van der Waals surface area contributed by atoms with Crippen molar-refractivity contribution in [2.24, 2.45) is 5.84 Å². The van der Waals surface area contributed by atoms with Crippen LogP contribution in [-0.4, -0.2) is 0 Å². The molecule has 0 aliphatic heterocycles. The summed E-state index contributed by atoms with van der Waals surface area (Å²) in [5.74, 6) is 5.42. The lowest BCUT2D eigenvalue weighted by Gasteiger charge is -2.19. The van der Waals surface area contributed by atoms with Gasteiger partial charge in [0.05, 0.1) is 6.04 Å². The summed E-state index contributed by atoms with van der Waals surface area (Å²) in [5.41, 5.74) is 5.74. The molecule has 0 amide bonds. The predicted molar refractivity (Wildman–Crippen MR) is 79.5 cm³/mol. The highest BCUT2D eigenvalue weighted by Crippen LogP contribution is 2.25. The smallest absolute Gasteiger partial charge is 0.123 e. The summed E-state index contributed by atoms with van der Waals surface area (Å²) in [4.78, 5) is 0. The van der Waals surface area contributed by atoms with Gasteiger partial charge in [0.15, 0.2) is 0 Å². The van der Waals surface area contributed by atoms with E-state index in [1.807, 2.05) is 25.1 Å². The number of aryl methyl sites for hydroxylation is 1. The molecule has 0 aliphatic rings. The minimum absolute atomic E-state index is 0.125. The predicted octanol–water partition coefficient (Wildman–Crippen LogP) is 3.29. The zero-order valence-corrected chi connectivity index (χ0v) is 12.1. The van der Waals surface area contributed by atoms with Crippen LogP contribution in [0.25, 0.3) is 0 Å². The van der Waals surface area contributed by atoms with Crippen LogP contribution >= 0.6 is 22.6 Å². The summed E-state index contributed by atoms with van der Waals surface area (Å²) < 4.78 is 14.3. The van der Waals surface area contributed by atoms with Gasteiger partial charge in [0.2, 0.25) is 0 Å². The Hall–Kier alpha value is -0.980. The molecule has 2 nitrogen and oxygen atoms in total. The van der Waals surface area contributed by atoms with E-state index in [0.717, 1.165) is 20.3 Å². The van der Waals surface area contributed by atoms with Crippen molar-refractivity contribution in [3.8, 4) is 0 Å². The summed E-state index contributed by atoms with van der Waals surface area (Å²) in [6.45, 7) is 1.89. The Bertz CT molecular complexity index is 557. The molecule has 2 aromatic carbocycles. The highest BCUT2D eigenvalue weighted by atomic mass is 127. The van der Waals surface area contributed by atoms with Crippen molar-refractivity contribution in [3.63, 3.8) is 0 Å². The zero-order chi connectivity index (χ0) is 13.1. The van der Waals surface area contributed by atoms with Gasteiger partial charge >= 0.3 is 0 Å². The van der Waals surface area contributed by atoms with Crippen molar-refractivity contribution in [1.82, 2.24) is 5.43 Å². The highest BCUT2D eigenvalue weighted by molar-refractivity contribution is 14.1. The van der Waals surface area contributed by atoms with Gasteiger partial charge in [-0.1, -0.05) is 18.2 Å². The number of rotatable bonds is 3. The molecular weight excluding hydrogens is 342 g/mol. The van der Waals surface area contributed by atoms with Gasteiger partial charge in [-0.3, -0.25) is 5.84 Å². The first kappa shape index (κ1) is 13.5. The van der Waals surface area contributed by atoms with Gasteiger partial charge in [-0.05, 0) is 70.5 Å². The molecule has 0 aromatic heterocycles. The van der Waals surface area contributed by atoms with E-state index in [1.54, 1.807) is 6.07 Å². The fraction of sp³-hybridized carbons (Fsp3) is 0.143. The van der Waals surface area contributed by atoms with E-state index in [9.17, 15) is 4.39 Å². The van der Waals surface area contributed by atoms with Crippen molar-refractivity contribution >= 4 is 22.6 Å². The van der Waals surface area contributed by atoms with E-state index in [0.29, 0.717) is 0 Å². The van der Waals surface area contributed by atoms with E-state index in [2.05, 4.69) is 34.1 Å². The van der Waals surface area contributed by atoms with E-state index in [1.165, 1.54) is 12.1 Å². The van der Waals surface area contributed by atoms with Gasteiger partial charge < -0.3 is 0 Å². The van der Waals surface area contributed by atoms with Crippen LogP contribution in [0.5, 0.6) is 0 Å².